The van der Waals surface area contributed by atoms with Gasteiger partial charge in [-0.2, -0.15) is 0 Å². The number of carbonyl (C=O) groups is 2. The van der Waals surface area contributed by atoms with E-state index in [2.05, 4.69) is 19.2 Å². The van der Waals surface area contributed by atoms with Gasteiger partial charge in [-0.15, -0.1) is 0 Å². The summed E-state index contributed by atoms with van der Waals surface area (Å²) >= 11 is 0. The molecule has 1 aliphatic carbocycles. The largest absolute Gasteiger partial charge is 0.480 e. The van der Waals surface area contributed by atoms with Crippen molar-refractivity contribution in [1.29, 1.82) is 0 Å². The molecule has 2 N–H and O–H groups in total. The molecule has 1 aliphatic rings. The van der Waals surface area contributed by atoms with Crippen molar-refractivity contribution in [1.82, 2.24) is 5.32 Å². The summed E-state index contributed by atoms with van der Waals surface area (Å²) in [5, 5.41) is 11.9. The van der Waals surface area contributed by atoms with Crippen molar-refractivity contribution in [2.45, 2.75) is 71.8 Å². The fourth-order valence-corrected chi connectivity index (χ4v) is 2.89. The SMILES string of the molecule is CCCCC(NC(=O)C1(CC(C)C)CCC1)C(=O)O. The van der Waals surface area contributed by atoms with Crippen molar-refractivity contribution in [2.24, 2.45) is 11.3 Å². The van der Waals surface area contributed by atoms with Gasteiger partial charge in [0.1, 0.15) is 6.04 Å². The van der Waals surface area contributed by atoms with Crippen LogP contribution in [0, 0.1) is 11.3 Å². The van der Waals surface area contributed by atoms with Gasteiger partial charge in [-0.25, -0.2) is 4.79 Å². The van der Waals surface area contributed by atoms with E-state index in [-0.39, 0.29) is 11.3 Å². The second-order valence-electron chi connectivity index (χ2n) is 6.24. The van der Waals surface area contributed by atoms with Gasteiger partial charge in [0.25, 0.3) is 0 Å². The topological polar surface area (TPSA) is 66.4 Å². The maximum absolute atomic E-state index is 12.4. The Morgan fingerprint density at radius 3 is 2.32 bits per heavy atom. The Morgan fingerprint density at radius 1 is 1.32 bits per heavy atom. The summed E-state index contributed by atoms with van der Waals surface area (Å²) in [4.78, 5) is 23.6. The van der Waals surface area contributed by atoms with E-state index >= 15 is 0 Å². The van der Waals surface area contributed by atoms with Gasteiger partial charge in [0.05, 0.1) is 0 Å². The Hall–Kier alpha value is -1.06. The van der Waals surface area contributed by atoms with Crippen molar-refractivity contribution >= 4 is 11.9 Å². The standard InChI is InChI=1S/C15H27NO3/c1-4-5-7-12(13(17)18)16-14(19)15(8-6-9-15)10-11(2)3/h11-12H,4-10H2,1-3H3,(H,16,19)(H,17,18). The second-order valence-corrected chi connectivity index (χ2v) is 6.24. The molecule has 0 aromatic carbocycles. The third-order valence-electron chi connectivity index (χ3n) is 4.04. The summed E-state index contributed by atoms with van der Waals surface area (Å²) in [5.41, 5.74) is -0.298. The van der Waals surface area contributed by atoms with Gasteiger partial charge in [0.2, 0.25) is 5.91 Å². The molecular weight excluding hydrogens is 242 g/mol. The molecule has 1 rings (SSSR count). The van der Waals surface area contributed by atoms with Crippen LogP contribution < -0.4 is 5.32 Å². The molecule has 1 saturated carbocycles. The lowest BCUT2D eigenvalue weighted by molar-refractivity contribution is -0.146. The number of aliphatic carboxylic acids is 1. The van der Waals surface area contributed by atoms with Gasteiger partial charge >= 0.3 is 5.97 Å². The summed E-state index contributed by atoms with van der Waals surface area (Å²) in [7, 11) is 0. The van der Waals surface area contributed by atoms with Crippen LogP contribution in [-0.2, 0) is 9.59 Å². The van der Waals surface area contributed by atoms with Crippen LogP contribution in [0.1, 0.15) is 65.7 Å². The van der Waals surface area contributed by atoms with E-state index in [0.29, 0.717) is 12.3 Å². The normalized spacial score (nSPS) is 18.7. The maximum Gasteiger partial charge on any atom is 0.326 e. The maximum atomic E-state index is 12.4. The monoisotopic (exact) mass is 269 g/mol. The number of carbonyl (C=O) groups excluding carboxylic acids is 1. The number of nitrogens with one attached hydrogen (secondary N) is 1. The van der Waals surface area contributed by atoms with Crippen molar-refractivity contribution in [2.75, 3.05) is 0 Å². The Labute approximate surface area is 116 Å². The Bertz CT molecular complexity index is 321. The lowest BCUT2D eigenvalue weighted by atomic mass is 9.64. The van der Waals surface area contributed by atoms with Gasteiger partial charge in [-0.1, -0.05) is 40.0 Å². The van der Waals surface area contributed by atoms with Crippen LogP contribution in [0.2, 0.25) is 0 Å². The highest BCUT2D eigenvalue weighted by atomic mass is 16.4. The summed E-state index contributed by atoms with van der Waals surface area (Å²) in [6.07, 6.45) is 6.03. The highest BCUT2D eigenvalue weighted by Gasteiger charge is 2.45. The second kappa shape index (κ2) is 6.92. The van der Waals surface area contributed by atoms with E-state index in [4.69, 9.17) is 0 Å². The first-order chi connectivity index (χ1) is 8.91. The van der Waals surface area contributed by atoms with Crippen LogP contribution in [-0.4, -0.2) is 23.0 Å². The highest BCUT2D eigenvalue weighted by Crippen LogP contribution is 2.46. The molecule has 1 amide bonds. The molecule has 0 aromatic heterocycles. The molecule has 19 heavy (non-hydrogen) atoms. The molecule has 1 fully saturated rings. The van der Waals surface area contributed by atoms with E-state index < -0.39 is 12.0 Å². The van der Waals surface area contributed by atoms with E-state index in [0.717, 1.165) is 38.5 Å². The molecule has 4 nitrogen and oxygen atoms in total. The van der Waals surface area contributed by atoms with E-state index in [9.17, 15) is 14.7 Å². The van der Waals surface area contributed by atoms with E-state index in [1.54, 1.807) is 0 Å². The zero-order valence-electron chi connectivity index (χ0n) is 12.4. The molecule has 0 spiro atoms. The number of carboxylic acids is 1. The van der Waals surface area contributed by atoms with Gasteiger partial charge < -0.3 is 10.4 Å². The average Bonchev–Trinajstić information content (AvgIpc) is 2.28. The van der Waals surface area contributed by atoms with E-state index in [1.807, 2.05) is 6.92 Å². The smallest absolute Gasteiger partial charge is 0.326 e. The molecule has 110 valence electrons. The van der Waals surface area contributed by atoms with Gasteiger partial charge in [-0.3, -0.25) is 4.79 Å². The van der Waals surface area contributed by atoms with Crippen LogP contribution in [0.15, 0.2) is 0 Å². The molecule has 0 aromatic rings. The van der Waals surface area contributed by atoms with Crippen molar-refractivity contribution < 1.29 is 14.7 Å². The van der Waals surface area contributed by atoms with Gasteiger partial charge in [0.15, 0.2) is 0 Å². The number of hydrogen-bond donors (Lipinski definition) is 2. The Kier molecular flexibility index (Phi) is 5.83. The summed E-state index contributed by atoms with van der Waals surface area (Å²) in [6, 6.07) is -0.725. The molecule has 1 unspecified atom stereocenters. The molecule has 0 saturated heterocycles. The molecular formula is C15H27NO3. The predicted molar refractivity (Wildman–Crippen MR) is 74.8 cm³/mol. The molecule has 0 radical (unpaired) electrons. The average molecular weight is 269 g/mol. The fraction of sp³-hybridized carbons (Fsp3) is 0.867. The third-order valence-corrected chi connectivity index (χ3v) is 4.04. The van der Waals surface area contributed by atoms with Crippen molar-refractivity contribution in [3.05, 3.63) is 0 Å². The summed E-state index contributed by atoms with van der Waals surface area (Å²) in [5.74, 6) is -0.498. The van der Waals surface area contributed by atoms with Crippen molar-refractivity contribution in [3.8, 4) is 0 Å². The molecule has 0 bridgehead atoms. The minimum atomic E-state index is -0.916. The number of unbranched alkanes of at least 4 members (excludes halogenated alkanes) is 1. The van der Waals surface area contributed by atoms with Crippen LogP contribution in [0.5, 0.6) is 0 Å². The van der Waals surface area contributed by atoms with Crippen LogP contribution in [0.3, 0.4) is 0 Å². The molecule has 0 aliphatic heterocycles. The lowest BCUT2D eigenvalue weighted by Gasteiger charge is -2.42. The predicted octanol–water partition coefficient (Wildman–Crippen LogP) is 2.96. The van der Waals surface area contributed by atoms with Crippen LogP contribution >= 0.6 is 0 Å². The molecule has 0 heterocycles. The zero-order valence-corrected chi connectivity index (χ0v) is 12.4. The molecule has 1 atom stereocenters. The van der Waals surface area contributed by atoms with Crippen LogP contribution in [0.25, 0.3) is 0 Å². The lowest BCUT2D eigenvalue weighted by Crippen LogP contribution is -2.51. The fourth-order valence-electron chi connectivity index (χ4n) is 2.89. The summed E-state index contributed by atoms with van der Waals surface area (Å²) in [6.45, 7) is 6.24. The number of hydrogen-bond acceptors (Lipinski definition) is 2. The highest BCUT2D eigenvalue weighted by molar-refractivity contribution is 5.88. The first kappa shape index (κ1) is 16.0. The number of rotatable bonds is 8. The third kappa shape index (κ3) is 4.22. The molecule has 4 heteroatoms. The first-order valence-corrected chi connectivity index (χ1v) is 7.45. The minimum absolute atomic E-state index is 0.0454. The number of amides is 1. The minimum Gasteiger partial charge on any atom is -0.480 e. The van der Waals surface area contributed by atoms with Gasteiger partial charge in [0, 0.05) is 5.41 Å². The van der Waals surface area contributed by atoms with E-state index in [1.165, 1.54) is 0 Å². The zero-order chi connectivity index (χ0) is 14.5. The number of carboxylic acid groups (broad SMARTS) is 1. The Balaban J connectivity index is 2.61. The van der Waals surface area contributed by atoms with Crippen molar-refractivity contribution in [3.63, 3.8) is 0 Å². The summed E-state index contributed by atoms with van der Waals surface area (Å²) < 4.78 is 0. The Morgan fingerprint density at radius 2 is 1.95 bits per heavy atom. The van der Waals surface area contributed by atoms with Gasteiger partial charge in [-0.05, 0) is 31.6 Å². The van der Waals surface area contributed by atoms with Crippen LogP contribution in [0.4, 0.5) is 0 Å². The quantitative estimate of drug-likeness (QED) is 0.712. The first-order valence-electron chi connectivity index (χ1n) is 7.45.